The van der Waals surface area contributed by atoms with Gasteiger partial charge in [-0.25, -0.2) is 4.79 Å². The van der Waals surface area contributed by atoms with Gasteiger partial charge < -0.3 is 28.8 Å². The van der Waals surface area contributed by atoms with Crippen LogP contribution in [0.5, 0.6) is 11.5 Å². The molecule has 1 N–H and O–H groups in total. The van der Waals surface area contributed by atoms with Crippen LogP contribution in [0.15, 0.2) is 29.2 Å². The number of hydrogen-bond acceptors (Lipinski definition) is 6. The first kappa shape index (κ1) is 25.3. The normalized spacial score (nSPS) is 17.7. The lowest BCUT2D eigenvalue weighted by Gasteiger charge is -2.40. The molecule has 1 aromatic heterocycles. The fraction of sp³-hybridized carbons (Fsp3) is 0.556. The van der Waals surface area contributed by atoms with Gasteiger partial charge in [-0.15, -0.1) is 0 Å². The number of likely N-dealkylation sites (tertiary alicyclic amines) is 1. The summed E-state index contributed by atoms with van der Waals surface area (Å²) in [5.41, 5.74) is 1.50. The van der Waals surface area contributed by atoms with Crippen molar-refractivity contribution in [2.75, 3.05) is 47.1 Å². The lowest BCUT2D eigenvalue weighted by Crippen LogP contribution is -2.37. The number of methoxy groups -OCH3 is 2. The number of fused-ring (bicyclic) bond motifs is 3. The Bertz CT molecular complexity index is 1130. The predicted molar refractivity (Wildman–Crippen MR) is 134 cm³/mol. The first-order valence-electron chi connectivity index (χ1n) is 12.3. The highest BCUT2D eigenvalue weighted by molar-refractivity contribution is 5.88. The van der Waals surface area contributed by atoms with Crippen LogP contribution in [0.2, 0.25) is 0 Å². The largest absolute Gasteiger partial charge is 0.493 e. The third-order valence-electron chi connectivity index (χ3n) is 7.22. The second-order valence-corrected chi connectivity index (χ2v) is 10.2. The molecule has 0 radical (unpaired) electrons. The number of carboxylic acids is 1. The molecule has 2 aliphatic rings. The Morgan fingerprint density at radius 1 is 1.14 bits per heavy atom. The van der Waals surface area contributed by atoms with Crippen LogP contribution >= 0.6 is 0 Å². The minimum Gasteiger partial charge on any atom is -0.493 e. The minimum atomic E-state index is -1.23. The maximum absolute atomic E-state index is 12.7. The Labute approximate surface area is 206 Å². The average molecular weight is 485 g/mol. The van der Waals surface area contributed by atoms with Crippen LogP contribution in [0.1, 0.15) is 55.1 Å². The van der Waals surface area contributed by atoms with Gasteiger partial charge in [-0.05, 0) is 56.5 Å². The van der Waals surface area contributed by atoms with E-state index in [0.717, 1.165) is 24.1 Å². The van der Waals surface area contributed by atoms with Gasteiger partial charge in [0.05, 0.1) is 26.0 Å². The third kappa shape index (κ3) is 5.23. The van der Waals surface area contributed by atoms with Crippen molar-refractivity contribution in [2.45, 2.75) is 45.6 Å². The van der Waals surface area contributed by atoms with Gasteiger partial charge in [-0.3, -0.25) is 4.79 Å². The van der Waals surface area contributed by atoms with Crippen LogP contribution in [0, 0.1) is 5.41 Å². The standard InChI is InChI=1S/C27H36N2O6/c1-27(2,17-33-3)25-13-18-12-24(35-11-7-10-28-8-5-6-9-28)23(34-4)14-19(18)21-15-22(30)20(26(31)32)16-29(21)25/h12,14-16,25H,5-11,13,17H2,1-4H3,(H,31,32). The number of hydrogen-bond donors (Lipinski definition) is 1. The number of pyridine rings is 1. The number of nitrogens with zero attached hydrogens (tertiary/aromatic N) is 2. The molecule has 190 valence electrons. The Morgan fingerprint density at radius 3 is 2.54 bits per heavy atom. The molecule has 1 aromatic carbocycles. The molecule has 0 aliphatic carbocycles. The Kier molecular flexibility index (Phi) is 7.52. The summed E-state index contributed by atoms with van der Waals surface area (Å²) in [5.74, 6) is 0.0596. The molecule has 1 atom stereocenters. The van der Waals surface area contributed by atoms with E-state index in [-0.39, 0.29) is 17.0 Å². The lowest BCUT2D eigenvalue weighted by atomic mass is 9.77. The molecule has 4 rings (SSSR count). The molecule has 35 heavy (non-hydrogen) atoms. The SMILES string of the molecule is COCC(C)(C)C1Cc2cc(OCCCN3CCCC3)c(OC)cc2-c2cc(=O)c(C(=O)O)cn21. The molecule has 1 saturated heterocycles. The summed E-state index contributed by atoms with van der Waals surface area (Å²) in [7, 11) is 3.26. The predicted octanol–water partition coefficient (Wildman–Crippen LogP) is 3.86. The van der Waals surface area contributed by atoms with Crippen molar-refractivity contribution >= 4 is 5.97 Å². The van der Waals surface area contributed by atoms with E-state index in [1.54, 1.807) is 14.2 Å². The summed E-state index contributed by atoms with van der Waals surface area (Å²) in [6, 6.07) is 5.22. The number of carbonyl (C=O) groups is 1. The first-order valence-corrected chi connectivity index (χ1v) is 12.3. The van der Waals surface area contributed by atoms with E-state index >= 15 is 0 Å². The van der Waals surface area contributed by atoms with Crippen molar-refractivity contribution in [3.63, 3.8) is 0 Å². The zero-order chi connectivity index (χ0) is 25.2. The fourth-order valence-corrected chi connectivity index (χ4v) is 5.37. The van der Waals surface area contributed by atoms with Gasteiger partial charge in [0, 0.05) is 42.9 Å². The molecule has 1 unspecified atom stereocenters. The van der Waals surface area contributed by atoms with E-state index in [1.165, 1.54) is 38.2 Å². The number of benzene rings is 1. The second-order valence-electron chi connectivity index (χ2n) is 10.2. The Morgan fingerprint density at radius 2 is 1.89 bits per heavy atom. The minimum absolute atomic E-state index is 0.111. The molecule has 2 aromatic rings. The van der Waals surface area contributed by atoms with Gasteiger partial charge in [0.25, 0.3) is 0 Å². The Hall–Kier alpha value is -2.84. The smallest absolute Gasteiger partial charge is 0.341 e. The Balaban J connectivity index is 1.70. The number of rotatable bonds is 10. The quantitative estimate of drug-likeness (QED) is 0.512. The molecule has 0 amide bonds. The van der Waals surface area contributed by atoms with Gasteiger partial charge in [0.2, 0.25) is 0 Å². The number of ether oxygens (including phenoxy) is 3. The fourth-order valence-electron chi connectivity index (χ4n) is 5.37. The summed E-state index contributed by atoms with van der Waals surface area (Å²) in [4.78, 5) is 26.8. The summed E-state index contributed by atoms with van der Waals surface area (Å²) < 4.78 is 19.2. The van der Waals surface area contributed by atoms with Gasteiger partial charge in [0.1, 0.15) is 5.56 Å². The van der Waals surface area contributed by atoms with Crippen LogP contribution in [0.25, 0.3) is 11.3 Å². The van der Waals surface area contributed by atoms with E-state index in [0.29, 0.717) is 36.8 Å². The number of carboxylic acid groups (broad SMARTS) is 1. The highest BCUT2D eigenvalue weighted by atomic mass is 16.5. The topological polar surface area (TPSA) is 90.2 Å². The van der Waals surface area contributed by atoms with Gasteiger partial charge in [0.15, 0.2) is 16.9 Å². The van der Waals surface area contributed by atoms with Gasteiger partial charge in [-0.2, -0.15) is 0 Å². The third-order valence-corrected chi connectivity index (χ3v) is 7.22. The zero-order valence-corrected chi connectivity index (χ0v) is 21.1. The van der Waals surface area contributed by atoms with Crippen molar-refractivity contribution in [2.24, 2.45) is 5.41 Å². The summed E-state index contributed by atoms with van der Waals surface area (Å²) in [6.07, 6.45) is 5.62. The van der Waals surface area contributed by atoms with E-state index in [9.17, 15) is 14.7 Å². The number of aromatic nitrogens is 1. The molecule has 8 heteroatoms. The monoisotopic (exact) mass is 484 g/mol. The van der Waals surface area contributed by atoms with Crippen molar-refractivity contribution in [3.05, 3.63) is 45.7 Å². The zero-order valence-electron chi connectivity index (χ0n) is 21.1. The molecule has 0 spiro atoms. The van der Waals surface area contributed by atoms with E-state index < -0.39 is 11.4 Å². The lowest BCUT2D eigenvalue weighted by molar-refractivity contribution is 0.0615. The summed E-state index contributed by atoms with van der Waals surface area (Å²) >= 11 is 0. The second kappa shape index (κ2) is 10.4. The number of aromatic carboxylic acids is 1. The maximum Gasteiger partial charge on any atom is 0.341 e. The van der Waals surface area contributed by atoms with Gasteiger partial charge in [-0.1, -0.05) is 13.8 Å². The van der Waals surface area contributed by atoms with Crippen molar-refractivity contribution in [3.8, 4) is 22.8 Å². The molecule has 0 saturated carbocycles. The van der Waals surface area contributed by atoms with E-state index in [2.05, 4.69) is 18.7 Å². The highest BCUT2D eigenvalue weighted by Gasteiger charge is 2.37. The summed E-state index contributed by atoms with van der Waals surface area (Å²) in [6.45, 7) is 8.63. The van der Waals surface area contributed by atoms with E-state index in [4.69, 9.17) is 14.2 Å². The molecule has 8 nitrogen and oxygen atoms in total. The van der Waals surface area contributed by atoms with Crippen molar-refractivity contribution in [1.82, 2.24) is 9.47 Å². The van der Waals surface area contributed by atoms with Crippen molar-refractivity contribution in [1.29, 1.82) is 0 Å². The van der Waals surface area contributed by atoms with Crippen LogP contribution in [-0.4, -0.2) is 67.6 Å². The van der Waals surface area contributed by atoms with Gasteiger partial charge >= 0.3 is 5.97 Å². The van der Waals surface area contributed by atoms with Crippen LogP contribution in [-0.2, 0) is 11.2 Å². The van der Waals surface area contributed by atoms with Crippen molar-refractivity contribution < 1.29 is 24.1 Å². The molecule has 3 heterocycles. The first-order chi connectivity index (χ1) is 16.7. The van der Waals surface area contributed by atoms with Crippen LogP contribution < -0.4 is 14.9 Å². The summed E-state index contributed by atoms with van der Waals surface area (Å²) in [5, 5.41) is 9.57. The molecular formula is C27H36N2O6. The maximum atomic E-state index is 12.7. The highest BCUT2D eigenvalue weighted by Crippen LogP contribution is 2.46. The molecule has 1 fully saturated rings. The van der Waals surface area contributed by atoms with E-state index in [1.807, 2.05) is 16.7 Å². The van der Waals surface area contributed by atoms with Crippen LogP contribution in [0.4, 0.5) is 0 Å². The van der Waals surface area contributed by atoms with Crippen LogP contribution in [0.3, 0.4) is 0 Å². The average Bonchev–Trinajstić information content (AvgIpc) is 3.33. The molecular weight excluding hydrogens is 448 g/mol. The molecule has 0 bridgehead atoms. The molecule has 2 aliphatic heterocycles.